The molecule has 10 heavy (non-hydrogen) atoms. The van der Waals surface area contributed by atoms with Crippen molar-refractivity contribution in [1.29, 1.82) is 0 Å². The second kappa shape index (κ2) is 2.26. The van der Waals surface area contributed by atoms with Crippen LogP contribution in [0.25, 0.3) is 0 Å². The normalized spacial score (nSPS) is 23.5. The predicted octanol–water partition coefficient (Wildman–Crippen LogP) is 3.31. The molecule has 0 nitrogen and oxygen atoms in total. The zero-order valence-electron chi connectivity index (χ0n) is 7.20. The summed E-state index contributed by atoms with van der Waals surface area (Å²) in [7, 11) is 0. The van der Waals surface area contributed by atoms with Crippen molar-refractivity contribution in [3.05, 3.63) is 23.8 Å². The molecule has 0 radical (unpaired) electrons. The largest absolute Gasteiger partial charge is 0.0988 e. The zero-order valence-corrected chi connectivity index (χ0v) is 7.20. The second-order valence-corrected chi connectivity index (χ2v) is 3.74. The molecule has 0 aliphatic heterocycles. The summed E-state index contributed by atoms with van der Waals surface area (Å²) < 4.78 is 0. The monoisotopic (exact) mass is 136 g/mol. The van der Waals surface area contributed by atoms with E-state index in [1.807, 2.05) is 6.08 Å². The van der Waals surface area contributed by atoms with E-state index >= 15 is 0 Å². The molecule has 0 aromatic carbocycles. The zero-order chi connectivity index (χ0) is 7.78. The van der Waals surface area contributed by atoms with Crippen LogP contribution in [0.1, 0.15) is 33.6 Å². The third kappa shape index (κ3) is 1.03. The molecular weight excluding hydrogens is 120 g/mol. The molecule has 1 aliphatic carbocycles. The topological polar surface area (TPSA) is 0 Å². The van der Waals surface area contributed by atoms with Gasteiger partial charge in [-0.1, -0.05) is 32.1 Å². The highest BCUT2D eigenvalue weighted by Gasteiger charge is 2.27. The number of hydrogen-bond acceptors (Lipinski definition) is 0. The minimum atomic E-state index is 0.434. The Labute approximate surface area is 63.6 Å². The highest BCUT2D eigenvalue weighted by molar-refractivity contribution is 5.31. The van der Waals surface area contributed by atoms with Crippen LogP contribution in [0.3, 0.4) is 0 Å². The van der Waals surface area contributed by atoms with E-state index < -0.39 is 0 Å². The molecule has 0 aromatic heterocycles. The Kier molecular flexibility index (Phi) is 1.72. The van der Waals surface area contributed by atoms with Crippen molar-refractivity contribution in [1.82, 2.24) is 0 Å². The van der Waals surface area contributed by atoms with Crippen molar-refractivity contribution >= 4 is 0 Å². The first-order chi connectivity index (χ1) is 4.58. The third-order valence-corrected chi connectivity index (χ3v) is 2.76. The first kappa shape index (κ1) is 7.59. The maximum atomic E-state index is 3.80. The fourth-order valence-electron chi connectivity index (χ4n) is 1.51. The van der Waals surface area contributed by atoms with Crippen molar-refractivity contribution in [3.63, 3.8) is 0 Å². The van der Waals surface area contributed by atoms with Crippen molar-refractivity contribution in [2.45, 2.75) is 33.6 Å². The molecule has 0 saturated heterocycles. The second-order valence-electron chi connectivity index (χ2n) is 3.74. The first-order valence-corrected chi connectivity index (χ1v) is 3.90. The van der Waals surface area contributed by atoms with Gasteiger partial charge in [-0.25, -0.2) is 0 Å². The molecular formula is C10H16. The van der Waals surface area contributed by atoms with Crippen molar-refractivity contribution in [2.75, 3.05) is 0 Å². The molecule has 0 heterocycles. The van der Waals surface area contributed by atoms with Crippen LogP contribution in [-0.2, 0) is 0 Å². The molecule has 0 aromatic rings. The molecule has 0 bridgehead atoms. The molecule has 0 fully saturated rings. The van der Waals surface area contributed by atoms with Crippen LogP contribution in [0, 0.1) is 5.41 Å². The first-order valence-electron chi connectivity index (χ1n) is 3.90. The molecule has 0 heteroatoms. The van der Waals surface area contributed by atoms with Gasteiger partial charge in [0.1, 0.15) is 0 Å². The Morgan fingerprint density at radius 2 is 2.10 bits per heavy atom. The molecule has 0 unspecified atom stereocenters. The fourth-order valence-corrected chi connectivity index (χ4v) is 1.51. The highest BCUT2D eigenvalue weighted by atomic mass is 14.3. The predicted molar refractivity (Wildman–Crippen MR) is 45.9 cm³/mol. The lowest BCUT2D eigenvalue weighted by Crippen LogP contribution is -2.06. The van der Waals surface area contributed by atoms with Gasteiger partial charge in [0.25, 0.3) is 0 Å². The SMILES string of the molecule is C=CC1=C(C)C(C)(C)CC1. The van der Waals surface area contributed by atoms with E-state index in [0.717, 1.165) is 0 Å². The van der Waals surface area contributed by atoms with Gasteiger partial charge in [0.05, 0.1) is 0 Å². The quantitative estimate of drug-likeness (QED) is 0.518. The van der Waals surface area contributed by atoms with Crippen LogP contribution < -0.4 is 0 Å². The Bertz CT molecular complexity index is 182. The van der Waals surface area contributed by atoms with Crippen molar-refractivity contribution < 1.29 is 0 Å². The van der Waals surface area contributed by atoms with Gasteiger partial charge in [-0.3, -0.25) is 0 Å². The number of hydrogen-bond donors (Lipinski definition) is 0. The molecule has 1 rings (SSSR count). The minimum absolute atomic E-state index is 0.434. The summed E-state index contributed by atoms with van der Waals surface area (Å²) in [5, 5.41) is 0. The van der Waals surface area contributed by atoms with Crippen molar-refractivity contribution in [3.8, 4) is 0 Å². The van der Waals surface area contributed by atoms with Gasteiger partial charge in [0, 0.05) is 0 Å². The van der Waals surface area contributed by atoms with Gasteiger partial charge in [0.2, 0.25) is 0 Å². The molecule has 0 saturated carbocycles. The van der Waals surface area contributed by atoms with E-state index in [1.165, 1.54) is 24.0 Å². The number of allylic oxidation sites excluding steroid dienone is 3. The molecule has 0 amide bonds. The number of rotatable bonds is 1. The third-order valence-electron chi connectivity index (χ3n) is 2.76. The summed E-state index contributed by atoms with van der Waals surface area (Å²) in [6, 6.07) is 0. The maximum Gasteiger partial charge on any atom is -0.0138 e. The van der Waals surface area contributed by atoms with Gasteiger partial charge in [-0.2, -0.15) is 0 Å². The Morgan fingerprint density at radius 1 is 1.50 bits per heavy atom. The molecule has 1 aliphatic rings. The summed E-state index contributed by atoms with van der Waals surface area (Å²) in [5.41, 5.74) is 3.43. The lowest BCUT2D eigenvalue weighted by molar-refractivity contribution is 0.443. The van der Waals surface area contributed by atoms with E-state index in [1.54, 1.807) is 0 Å². The van der Waals surface area contributed by atoms with E-state index in [0.29, 0.717) is 5.41 Å². The van der Waals surface area contributed by atoms with Crippen LogP contribution in [0.5, 0.6) is 0 Å². The van der Waals surface area contributed by atoms with Gasteiger partial charge >= 0.3 is 0 Å². The van der Waals surface area contributed by atoms with Gasteiger partial charge in [0.15, 0.2) is 0 Å². The highest BCUT2D eigenvalue weighted by Crippen LogP contribution is 2.41. The van der Waals surface area contributed by atoms with Crippen LogP contribution >= 0.6 is 0 Å². The smallest absolute Gasteiger partial charge is 0.0138 e. The van der Waals surface area contributed by atoms with E-state index in [9.17, 15) is 0 Å². The summed E-state index contributed by atoms with van der Waals surface area (Å²) >= 11 is 0. The average molecular weight is 136 g/mol. The fraction of sp³-hybridized carbons (Fsp3) is 0.600. The Balaban J connectivity index is 2.94. The lowest BCUT2D eigenvalue weighted by Gasteiger charge is -2.18. The van der Waals surface area contributed by atoms with Crippen molar-refractivity contribution in [2.24, 2.45) is 5.41 Å². The van der Waals surface area contributed by atoms with Gasteiger partial charge in [-0.15, -0.1) is 0 Å². The molecule has 0 N–H and O–H groups in total. The van der Waals surface area contributed by atoms with Crippen LogP contribution in [0.15, 0.2) is 23.8 Å². The molecule has 0 atom stereocenters. The van der Waals surface area contributed by atoms with E-state index in [2.05, 4.69) is 27.4 Å². The molecule has 0 spiro atoms. The van der Waals surface area contributed by atoms with Gasteiger partial charge < -0.3 is 0 Å². The van der Waals surface area contributed by atoms with E-state index in [4.69, 9.17) is 0 Å². The average Bonchev–Trinajstić information content (AvgIpc) is 2.10. The Hall–Kier alpha value is -0.520. The maximum absolute atomic E-state index is 3.80. The molecule has 56 valence electrons. The van der Waals surface area contributed by atoms with Gasteiger partial charge in [-0.05, 0) is 30.8 Å². The lowest BCUT2D eigenvalue weighted by atomic mass is 9.86. The van der Waals surface area contributed by atoms with Crippen LogP contribution in [0.2, 0.25) is 0 Å². The minimum Gasteiger partial charge on any atom is -0.0988 e. The standard InChI is InChI=1S/C10H16/c1-5-9-6-7-10(3,4)8(9)2/h5H,1,6-7H2,2-4H3. The summed E-state index contributed by atoms with van der Waals surface area (Å²) in [4.78, 5) is 0. The van der Waals surface area contributed by atoms with E-state index in [-0.39, 0.29) is 0 Å². The Morgan fingerprint density at radius 3 is 2.30 bits per heavy atom. The summed E-state index contributed by atoms with van der Waals surface area (Å²) in [6.07, 6.45) is 4.52. The van der Waals surface area contributed by atoms with Crippen LogP contribution in [-0.4, -0.2) is 0 Å². The summed E-state index contributed by atoms with van der Waals surface area (Å²) in [6.45, 7) is 10.6. The summed E-state index contributed by atoms with van der Waals surface area (Å²) in [5.74, 6) is 0. The van der Waals surface area contributed by atoms with Crippen LogP contribution in [0.4, 0.5) is 0 Å².